The lowest BCUT2D eigenvalue weighted by Crippen LogP contribution is -2.43. The van der Waals surface area contributed by atoms with Crippen LogP contribution in [0.2, 0.25) is 0 Å². The second-order valence-electron chi connectivity index (χ2n) is 5.93. The van der Waals surface area contributed by atoms with Crippen LogP contribution in [-0.2, 0) is 16.8 Å². The Balaban J connectivity index is 1.75. The van der Waals surface area contributed by atoms with Crippen LogP contribution in [0.1, 0.15) is 38.2 Å². The van der Waals surface area contributed by atoms with Gasteiger partial charge in [-0.3, -0.25) is 0 Å². The first-order chi connectivity index (χ1) is 11.1. The highest BCUT2D eigenvalue weighted by molar-refractivity contribution is 7.86. The number of nitrogens with zero attached hydrogens (tertiary/aromatic N) is 2. The van der Waals surface area contributed by atoms with Gasteiger partial charge >= 0.3 is 0 Å². The van der Waals surface area contributed by atoms with Crippen molar-refractivity contribution in [1.29, 1.82) is 0 Å². The van der Waals surface area contributed by atoms with Crippen LogP contribution in [-0.4, -0.2) is 43.5 Å². The van der Waals surface area contributed by atoms with Crippen molar-refractivity contribution in [3.8, 4) is 11.5 Å². The molecular formula is C16H24N2O4S. The highest BCUT2D eigenvalue weighted by Crippen LogP contribution is 2.33. The molecule has 0 bridgehead atoms. The first-order valence-electron chi connectivity index (χ1n) is 8.25. The number of hydrogen-bond acceptors (Lipinski definition) is 4. The molecule has 0 amide bonds. The predicted molar refractivity (Wildman–Crippen MR) is 87.6 cm³/mol. The molecule has 7 heteroatoms. The van der Waals surface area contributed by atoms with Crippen molar-refractivity contribution < 1.29 is 17.9 Å². The van der Waals surface area contributed by atoms with Crippen LogP contribution in [0.15, 0.2) is 18.2 Å². The van der Waals surface area contributed by atoms with Gasteiger partial charge in [0.2, 0.25) is 6.79 Å². The third-order valence-electron chi connectivity index (χ3n) is 4.37. The van der Waals surface area contributed by atoms with E-state index in [1.54, 1.807) is 4.31 Å². The van der Waals surface area contributed by atoms with Crippen LogP contribution in [0.5, 0.6) is 11.5 Å². The number of benzene rings is 1. The molecule has 3 rings (SSSR count). The molecule has 2 aliphatic rings. The second-order valence-corrected chi connectivity index (χ2v) is 7.86. The third-order valence-corrected chi connectivity index (χ3v) is 6.42. The Morgan fingerprint density at radius 2 is 1.78 bits per heavy atom. The molecule has 0 atom stereocenters. The highest BCUT2D eigenvalue weighted by atomic mass is 32.2. The summed E-state index contributed by atoms with van der Waals surface area (Å²) in [5.41, 5.74) is 0.912. The molecule has 0 aliphatic carbocycles. The lowest BCUT2D eigenvalue weighted by Gasteiger charge is -2.28. The fraction of sp³-hybridized carbons (Fsp3) is 0.625. The van der Waals surface area contributed by atoms with E-state index in [1.165, 1.54) is 4.31 Å². The summed E-state index contributed by atoms with van der Waals surface area (Å²) in [5.74, 6) is 1.40. The van der Waals surface area contributed by atoms with E-state index < -0.39 is 10.2 Å². The van der Waals surface area contributed by atoms with Crippen molar-refractivity contribution in [1.82, 2.24) is 8.61 Å². The molecule has 128 valence electrons. The quantitative estimate of drug-likeness (QED) is 0.826. The Morgan fingerprint density at radius 3 is 2.48 bits per heavy atom. The van der Waals surface area contributed by atoms with E-state index in [0.717, 1.165) is 31.2 Å². The number of fused-ring (bicyclic) bond motifs is 1. The zero-order valence-electron chi connectivity index (χ0n) is 13.5. The second kappa shape index (κ2) is 7.07. The van der Waals surface area contributed by atoms with Crippen LogP contribution in [0.4, 0.5) is 0 Å². The van der Waals surface area contributed by atoms with Crippen LogP contribution in [0.3, 0.4) is 0 Å². The lowest BCUT2D eigenvalue weighted by molar-refractivity contribution is 0.174. The average molecular weight is 340 g/mol. The average Bonchev–Trinajstić information content (AvgIpc) is 2.82. The SMILES string of the molecule is CCN(Cc1ccc2c(c1)OCO2)S(=O)(=O)N1CCCCCC1. The first kappa shape index (κ1) is 16.5. The molecule has 23 heavy (non-hydrogen) atoms. The van der Waals surface area contributed by atoms with Gasteiger partial charge in [0, 0.05) is 26.2 Å². The number of hydrogen-bond donors (Lipinski definition) is 0. The van der Waals surface area contributed by atoms with Gasteiger partial charge in [-0.1, -0.05) is 25.8 Å². The van der Waals surface area contributed by atoms with Crippen molar-refractivity contribution in [2.24, 2.45) is 0 Å². The summed E-state index contributed by atoms with van der Waals surface area (Å²) in [6.45, 7) is 4.16. The Kier molecular flexibility index (Phi) is 5.08. The minimum absolute atomic E-state index is 0.225. The molecule has 0 N–H and O–H groups in total. The molecule has 0 spiro atoms. The van der Waals surface area contributed by atoms with Gasteiger partial charge in [-0.2, -0.15) is 17.0 Å². The van der Waals surface area contributed by atoms with E-state index in [0.29, 0.717) is 37.7 Å². The van der Waals surface area contributed by atoms with Gasteiger partial charge in [-0.15, -0.1) is 0 Å². The zero-order chi connectivity index (χ0) is 16.3. The maximum absolute atomic E-state index is 12.9. The van der Waals surface area contributed by atoms with E-state index in [-0.39, 0.29) is 6.79 Å². The van der Waals surface area contributed by atoms with Gasteiger partial charge in [0.1, 0.15) is 0 Å². The van der Waals surface area contributed by atoms with Crippen molar-refractivity contribution >= 4 is 10.2 Å². The van der Waals surface area contributed by atoms with Gasteiger partial charge in [0.15, 0.2) is 11.5 Å². The molecule has 0 unspecified atom stereocenters. The van der Waals surface area contributed by atoms with E-state index in [4.69, 9.17) is 9.47 Å². The van der Waals surface area contributed by atoms with Crippen molar-refractivity contribution in [3.05, 3.63) is 23.8 Å². The third kappa shape index (κ3) is 3.62. The molecule has 0 saturated carbocycles. The normalized spacial score (nSPS) is 19.0. The largest absolute Gasteiger partial charge is 0.454 e. The van der Waals surface area contributed by atoms with Gasteiger partial charge < -0.3 is 9.47 Å². The van der Waals surface area contributed by atoms with Gasteiger partial charge in [0.05, 0.1) is 0 Å². The summed E-state index contributed by atoms with van der Waals surface area (Å²) in [6, 6.07) is 5.60. The summed E-state index contributed by atoms with van der Waals surface area (Å²) >= 11 is 0. The first-order valence-corrected chi connectivity index (χ1v) is 9.64. The molecule has 1 saturated heterocycles. The van der Waals surface area contributed by atoms with Gasteiger partial charge in [-0.05, 0) is 30.5 Å². The smallest absolute Gasteiger partial charge is 0.282 e. The minimum Gasteiger partial charge on any atom is -0.454 e. The van der Waals surface area contributed by atoms with E-state index in [9.17, 15) is 8.42 Å². The molecule has 0 radical (unpaired) electrons. The number of ether oxygens (including phenoxy) is 2. The monoisotopic (exact) mass is 340 g/mol. The molecule has 1 aromatic rings. The molecule has 1 fully saturated rings. The zero-order valence-corrected chi connectivity index (χ0v) is 14.3. The lowest BCUT2D eigenvalue weighted by atomic mass is 10.2. The highest BCUT2D eigenvalue weighted by Gasteiger charge is 2.29. The number of rotatable bonds is 5. The predicted octanol–water partition coefficient (Wildman–Crippen LogP) is 2.36. The molecule has 2 heterocycles. The molecule has 1 aromatic carbocycles. The Bertz CT molecular complexity index is 639. The summed E-state index contributed by atoms with van der Waals surface area (Å²) in [5, 5.41) is 0. The van der Waals surface area contributed by atoms with Crippen LogP contribution < -0.4 is 9.47 Å². The standard InChI is InChI=1S/C16H24N2O4S/c1-2-17(23(19,20)18-9-5-3-4-6-10-18)12-14-7-8-15-16(11-14)22-13-21-15/h7-8,11H,2-6,9-10,12-13H2,1H3. The van der Waals surface area contributed by atoms with Crippen molar-refractivity contribution in [3.63, 3.8) is 0 Å². The Labute approximate surface area is 138 Å². The molecule has 0 aromatic heterocycles. The molecular weight excluding hydrogens is 316 g/mol. The van der Waals surface area contributed by atoms with Gasteiger partial charge in [-0.25, -0.2) is 0 Å². The maximum Gasteiger partial charge on any atom is 0.282 e. The van der Waals surface area contributed by atoms with E-state index in [2.05, 4.69) is 0 Å². The van der Waals surface area contributed by atoms with Gasteiger partial charge in [0.25, 0.3) is 10.2 Å². The van der Waals surface area contributed by atoms with Crippen LogP contribution in [0, 0.1) is 0 Å². The fourth-order valence-electron chi connectivity index (χ4n) is 3.04. The van der Waals surface area contributed by atoms with Crippen LogP contribution in [0.25, 0.3) is 0 Å². The summed E-state index contributed by atoms with van der Waals surface area (Å²) in [7, 11) is -3.42. The van der Waals surface area contributed by atoms with E-state index in [1.807, 2.05) is 25.1 Å². The topological polar surface area (TPSA) is 59.1 Å². The fourth-order valence-corrected chi connectivity index (χ4v) is 4.72. The minimum atomic E-state index is -3.42. The van der Waals surface area contributed by atoms with Crippen molar-refractivity contribution in [2.75, 3.05) is 26.4 Å². The maximum atomic E-state index is 12.9. The van der Waals surface area contributed by atoms with E-state index >= 15 is 0 Å². The summed E-state index contributed by atoms with van der Waals surface area (Å²) in [4.78, 5) is 0. The summed E-state index contributed by atoms with van der Waals surface area (Å²) < 4.78 is 39.7. The molecule has 6 nitrogen and oxygen atoms in total. The van der Waals surface area contributed by atoms with Crippen molar-refractivity contribution in [2.45, 2.75) is 39.2 Å². The summed E-state index contributed by atoms with van der Waals surface area (Å²) in [6.07, 6.45) is 4.11. The Hall–Kier alpha value is -1.31. The van der Waals surface area contributed by atoms with Crippen LogP contribution >= 0.6 is 0 Å². The molecule has 2 aliphatic heterocycles. The Morgan fingerprint density at radius 1 is 1.09 bits per heavy atom.